The van der Waals surface area contributed by atoms with E-state index in [4.69, 9.17) is 18.0 Å². The number of terminal acetylenes is 1. The first-order chi connectivity index (χ1) is 9.67. The summed E-state index contributed by atoms with van der Waals surface area (Å²) in [5.74, 6) is 3.07. The van der Waals surface area contributed by atoms with Gasteiger partial charge >= 0.3 is 0 Å². The third kappa shape index (κ3) is 2.81. The molecule has 0 aromatic carbocycles. The van der Waals surface area contributed by atoms with Crippen LogP contribution in [0.25, 0.3) is 0 Å². The van der Waals surface area contributed by atoms with Crippen molar-refractivity contribution >= 4 is 17.3 Å². The molecule has 0 unspecified atom stereocenters. The number of hydrogen-bond acceptors (Lipinski definition) is 5. The van der Waals surface area contributed by atoms with Crippen LogP contribution in [0, 0.1) is 12.3 Å². The second kappa shape index (κ2) is 6.21. The van der Waals surface area contributed by atoms with Gasteiger partial charge in [-0.3, -0.25) is 4.79 Å². The molecule has 2 heterocycles. The van der Waals surface area contributed by atoms with E-state index >= 15 is 0 Å². The molecule has 104 valence electrons. The highest BCUT2D eigenvalue weighted by Gasteiger charge is 2.11. The normalized spacial score (nSPS) is 10.2. The van der Waals surface area contributed by atoms with E-state index < -0.39 is 0 Å². The molecule has 0 aliphatic heterocycles. The number of hydrogen-bond donors (Lipinski definition) is 1. The Kier molecular flexibility index (Phi) is 4.38. The topological polar surface area (TPSA) is 77.6 Å². The summed E-state index contributed by atoms with van der Waals surface area (Å²) in [6.07, 6.45) is 8.19. The Bertz CT molecular complexity index is 699. The van der Waals surface area contributed by atoms with E-state index in [1.807, 2.05) is 11.5 Å². The molecule has 20 heavy (non-hydrogen) atoms. The summed E-state index contributed by atoms with van der Waals surface area (Å²) in [5.41, 5.74) is -0.111. The van der Waals surface area contributed by atoms with Gasteiger partial charge < -0.3 is 9.88 Å². The summed E-state index contributed by atoms with van der Waals surface area (Å²) in [4.78, 5) is 12.1. The van der Waals surface area contributed by atoms with Crippen molar-refractivity contribution in [3.05, 3.63) is 33.7 Å². The summed E-state index contributed by atoms with van der Waals surface area (Å²) in [7, 11) is 0. The quantitative estimate of drug-likeness (QED) is 0.823. The Morgan fingerprint density at radius 2 is 2.35 bits per heavy atom. The van der Waals surface area contributed by atoms with Gasteiger partial charge in [0.1, 0.15) is 18.6 Å². The first-order valence-electron chi connectivity index (χ1n) is 5.97. The van der Waals surface area contributed by atoms with Gasteiger partial charge in [-0.25, -0.2) is 4.68 Å². The number of rotatable bonds is 5. The van der Waals surface area contributed by atoms with Gasteiger partial charge in [0.2, 0.25) is 0 Å². The summed E-state index contributed by atoms with van der Waals surface area (Å²) in [5, 5.41) is 14.9. The van der Waals surface area contributed by atoms with Crippen molar-refractivity contribution in [3.63, 3.8) is 0 Å². The molecule has 0 saturated heterocycles. The summed E-state index contributed by atoms with van der Waals surface area (Å²) in [6.45, 7) is 3.15. The minimum absolute atomic E-state index is 0.0931. The molecule has 7 nitrogen and oxygen atoms in total. The van der Waals surface area contributed by atoms with E-state index in [-0.39, 0.29) is 22.8 Å². The van der Waals surface area contributed by atoms with Crippen LogP contribution in [0.3, 0.4) is 0 Å². The zero-order valence-electron chi connectivity index (χ0n) is 10.9. The van der Waals surface area contributed by atoms with Gasteiger partial charge in [0.25, 0.3) is 5.56 Å². The van der Waals surface area contributed by atoms with Gasteiger partial charge in [-0.2, -0.15) is 5.10 Å². The molecule has 2 rings (SSSR count). The molecule has 0 spiro atoms. The average Bonchev–Trinajstić information content (AvgIpc) is 2.89. The maximum atomic E-state index is 12.1. The SMILES string of the molecule is C#CCn1ncc(Cl)c(NCc2nncn2CC)c1=O. The fourth-order valence-electron chi connectivity index (χ4n) is 1.68. The zero-order chi connectivity index (χ0) is 14.5. The largest absolute Gasteiger partial charge is 0.372 e. The molecule has 0 aliphatic rings. The van der Waals surface area contributed by atoms with E-state index in [9.17, 15) is 4.79 Å². The van der Waals surface area contributed by atoms with Crippen LogP contribution in [-0.4, -0.2) is 24.5 Å². The smallest absolute Gasteiger partial charge is 0.292 e. The van der Waals surface area contributed by atoms with Crippen molar-refractivity contribution < 1.29 is 0 Å². The van der Waals surface area contributed by atoms with Gasteiger partial charge in [0.05, 0.1) is 17.8 Å². The Hall–Kier alpha value is -2.33. The number of aryl methyl sites for hydroxylation is 1. The first-order valence-corrected chi connectivity index (χ1v) is 6.34. The average molecular weight is 293 g/mol. The van der Waals surface area contributed by atoms with Gasteiger partial charge in [0, 0.05) is 6.54 Å². The minimum Gasteiger partial charge on any atom is -0.372 e. The van der Waals surface area contributed by atoms with E-state index in [1.165, 1.54) is 10.9 Å². The van der Waals surface area contributed by atoms with E-state index in [2.05, 4.69) is 26.5 Å². The molecular formula is C12H13ClN6O. The molecule has 0 atom stereocenters. The Morgan fingerprint density at radius 3 is 3.05 bits per heavy atom. The molecular weight excluding hydrogens is 280 g/mol. The maximum Gasteiger partial charge on any atom is 0.292 e. The van der Waals surface area contributed by atoms with Crippen LogP contribution >= 0.6 is 11.6 Å². The van der Waals surface area contributed by atoms with Crippen LogP contribution in [0.15, 0.2) is 17.3 Å². The molecule has 0 saturated carbocycles. The fourth-order valence-corrected chi connectivity index (χ4v) is 1.87. The molecule has 0 aliphatic carbocycles. The van der Waals surface area contributed by atoms with Crippen LogP contribution in [0.4, 0.5) is 5.69 Å². The Labute approximate surface area is 120 Å². The number of halogens is 1. The van der Waals surface area contributed by atoms with E-state index in [1.54, 1.807) is 6.33 Å². The highest BCUT2D eigenvalue weighted by Crippen LogP contribution is 2.15. The maximum absolute atomic E-state index is 12.1. The van der Waals surface area contributed by atoms with Crippen LogP contribution in [0.5, 0.6) is 0 Å². The highest BCUT2D eigenvalue weighted by atomic mass is 35.5. The third-order valence-electron chi connectivity index (χ3n) is 2.70. The first kappa shape index (κ1) is 14.1. The minimum atomic E-state index is -0.363. The third-order valence-corrected chi connectivity index (χ3v) is 2.98. The number of aromatic nitrogens is 5. The monoisotopic (exact) mass is 292 g/mol. The van der Waals surface area contributed by atoms with Gasteiger partial charge in [-0.1, -0.05) is 17.5 Å². The molecule has 0 amide bonds. The number of nitrogens with zero attached hydrogens (tertiary/aromatic N) is 5. The summed E-state index contributed by atoms with van der Waals surface area (Å²) < 4.78 is 3.03. The second-order valence-corrected chi connectivity index (χ2v) is 4.33. The Morgan fingerprint density at radius 1 is 1.55 bits per heavy atom. The lowest BCUT2D eigenvalue weighted by Crippen LogP contribution is -2.26. The summed E-state index contributed by atoms with van der Waals surface area (Å²) in [6, 6.07) is 0. The van der Waals surface area contributed by atoms with Crippen molar-refractivity contribution in [3.8, 4) is 12.3 Å². The predicted molar refractivity (Wildman–Crippen MR) is 75.4 cm³/mol. The standard InChI is InChI=1S/C12H13ClN6O/c1-3-5-19-12(20)11(9(13)6-16-19)14-7-10-17-15-8-18(10)4-2/h1,6,8,14H,4-5,7H2,2H3. The van der Waals surface area contributed by atoms with Crippen molar-refractivity contribution in [2.45, 2.75) is 26.6 Å². The molecule has 1 N–H and O–H groups in total. The number of nitrogens with one attached hydrogen (secondary N) is 1. The van der Waals surface area contributed by atoms with Crippen molar-refractivity contribution in [1.29, 1.82) is 0 Å². The summed E-state index contributed by atoms with van der Waals surface area (Å²) >= 11 is 5.98. The van der Waals surface area contributed by atoms with E-state index in [0.29, 0.717) is 12.4 Å². The number of anilines is 1. The molecule has 2 aromatic rings. The molecule has 0 bridgehead atoms. The lowest BCUT2D eigenvalue weighted by Gasteiger charge is -2.09. The zero-order valence-corrected chi connectivity index (χ0v) is 11.6. The molecule has 8 heteroatoms. The second-order valence-electron chi connectivity index (χ2n) is 3.92. The lowest BCUT2D eigenvalue weighted by atomic mass is 10.4. The van der Waals surface area contributed by atoms with Crippen LogP contribution in [0.2, 0.25) is 5.02 Å². The molecule has 2 aromatic heterocycles. The lowest BCUT2D eigenvalue weighted by molar-refractivity contribution is 0.662. The Balaban J connectivity index is 2.23. The molecule has 0 fully saturated rings. The van der Waals surface area contributed by atoms with Crippen LogP contribution in [-0.2, 0) is 19.6 Å². The van der Waals surface area contributed by atoms with Crippen molar-refractivity contribution in [2.75, 3.05) is 5.32 Å². The van der Waals surface area contributed by atoms with Gasteiger partial charge in [-0.05, 0) is 6.92 Å². The fraction of sp³-hybridized carbons (Fsp3) is 0.333. The van der Waals surface area contributed by atoms with Gasteiger partial charge in [-0.15, -0.1) is 16.6 Å². The highest BCUT2D eigenvalue weighted by molar-refractivity contribution is 6.32. The van der Waals surface area contributed by atoms with Crippen LogP contribution < -0.4 is 10.9 Å². The molecule has 0 radical (unpaired) electrons. The van der Waals surface area contributed by atoms with Crippen molar-refractivity contribution in [2.24, 2.45) is 0 Å². The van der Waals surface area contributed by atoms with E-state index in [0.717, 1.165) is 6.54 Å². The van der Waals surface area contributed by atoms with Crippen LogP contribution in [0.1, 0.15) is 12.7 Å². The van der Waals surface area contributed by atoms with Gasteiger partial charge in [0.15, 0.2) is 5.82 Å². The van der Waals surface area contributed by atoms with Crippen molar-refractivity contribution in [1.82, 2.24) is 24.5 Å². The predicted octanol–water partition coefficient (Wildman–Crippen LogP) is 0.753.